The molecule has 9 rings (SSSR count). The number of ketones is 2. The third-order valence-electron chi connectivity index (χ3n) is 11.5. The maximum absolute atomic E-state index is 13.5. The number of nitrogens with zero attached hydrogens (tertiary/aromatic N) is 2. The van der Waals surface area contributed by atoms with E-state index in [4.69, 9.17) is 0 Å². The second-order valence-corrected chi connectivity index (χ2v) is 14.7. The van der Waals surface area contributed by atoms with E-state index in [0.29, 0.717) is 0 Å². The summed E-state index contributed by atoms with van der Waals surface area (Å²) in [6.07, 6.45) is 11.4. The predicted octanol–water partition coefficient (Wildman–Crippen LogP) is 6.93. The standard InChI is InChI=1S/C47H40N2O5/c50-41-27-29(31-19-21-39(48-23-7-1-8-24-48)35-13-5-3-11-33(31)35)15-17-37(41)43-45(52)44(47(54)46(43)53)38-18-16-30(28-42(38)51)32-20-22-40(49-25-9-2-10-26-49)36-14-6-4-12-34(32)36/h3-6,11-22,27-28H,1-2,7-10,23-26H2,(H2,50,51,52,53,54)/p+1. The van der Waals surface area contributed by atoms with Gasteiger partial charge in [0.05, 0.1) is 16.7 Å². The molecular formula is C47H41N2O5+. The fourth-order valence-electron chi connectivity index (χ4n) is 8.78. The van der Waals surface area contributed by atoms with E-state index in [1.807, 2.05) is 24.3 Å². The molecule has 0 aromatic heterocycles. The van der Waals surface area contributed by atoms with Crippen LogP contribution in [0.2, 0.25) is 0 Å². The number of hydrogen-bond acceptors (Lipinski definition) is 6. The highest BCUT2D eigenvalue weighted by Gasteiger charge is 2.39. The van der Waals surface area contributed by atoms with Crippen molar-refractivity contribution in [3.05, 3.63) is 142 Å². The van der Waals surface area contributed by atoms with E-state index in [9.17, 15) is 24.9 Å². The zero-order chi connectivity index (χ0) is 36.9. The first-order chi connectivity index (χ1) is 26.4. The lowest BCUT2D eigenvalue weighted by atomic mass is 9.89. The number of hydrogen-bond donors (Lipinski definition) is 3. The molecule has 54 heavy (non-hydrogen) atoms. The Morgan fingerprint density at radius 3 is 2.00 bits per heavy atom. The number of aromatic hydroxyl groups is 2. The van der Waals surface area contributed by atoms with Gasteiger partial charge >= 0.3 is 0 Å². The molecule has 0 unspecified atom stereocenters. The number of piperidine rings is 2. The maximum atomic E-state index is 13.5. The number of rotatable bonds is 3. The fraction of sp³-hybridized carbons (Fsp3) is 0.213. The van der Waals surface area contributed by atoms with E-state index in [2.05, 4.69) is 58.0 Å². The monoisotopic (exact) mass is 713 g/mol. The van der Waals surface area contributed by atoms with E-state index in [-0.39, 0.29) is 33.4 Å². The second kappa shape index (κ2) is 13.6. The summed E-state index contributed by atoms with van der Waals surface area (Å²) in [5.74, 6) is -2.92. The average Bonchev–Trinajstić information content (AvgIpc) is 3.43. The Morgan fingerprint density at radius 2 is 1.24 bits per heavy atom. The van der Waals surface area contributed by atoms with Crippen LogP contribution in [0.5, 0.6) is 11.5 Å². The molecule has 2 aliphatic carbocycles. The third kappa shape index (κ3) is 5.63. The molecule has 0 radical (unpaired) electrons. The minimum Gasteiger partial charge on any atom is -0.507 e. The first kappa shape index (κ1) is 33.6. The molecule has 0 amide bonds. The molecule has 0 bridgehead atoms. The van der Waals surface area contributed by atoms with Crippen LogP contribution in [0.4, 0.5) is 5.69 Å². The number of benzene rings is 5. The number of aliphatic hydroxyl groups excluding tert-OH is 1. The number of Topliss-reactive ketones (excluding diaryl/α,β-unsaturated/α-hetero) is 2. The minimum atomic E-state index is -0.940. The molecule has 0 atom stereocenters. The number of aliphatic hydroxyl groups is 1. The van der Waals surface area contributed by atoms with Crippen LogP contribution in [0.3, 0.4) is 0 Å². The normalized spacial score (nSPS) is 19.6. The molecule has 4 aliphatic rings. The van der Waals surface area contributed by atoms with Crippen molar-refractivity contribution in [2.24, 2.45) is 0 Å². The number of phenols is 2. The second-order valence-electron chi connectivity index (χ2n) is 14.7. The summed E-state index contributed by atoms with van der Waals surface area (Å²) in [4.78, 5) is 29.4. The average molecular weight is 714 g/mol. The summed E-state index contributed by atoms with van der Waals surface area (Å²) < 4.78 is 2.43. The highest BCUT2D eigenvalue weighted by molar-refractivity contribution is 6.70. The Morgan fingerprint density at radius 1 is 0.556 bits per heavy atom. The molecule has 7 nitrogen and oxygen atoms in total. The van der Waals surface area contributed by atoms with Gasteiger partial charge in [-0.15, -0.1) is 0 Å². The van der Waals surface area contributed by atoms with Crippen molar-refractivity contribution >= 4 is 50.5 Å². The molecule has 2 aliphatic heterocycles. The van der Waals surface area contributed by atoms with E-state index in [1.54, 1.807) is 36.4 Å². The van der Waals surface area contributed by atoms with Gasteiger partial charge in [-0.2, -0.15) is 0 Å². The van der Waals surface area contributed by atoms with Gasteiger partial charge in [0.15, 0.2) is 0 Å². The van der Waals surface area contributed by atoms with Crippen molar-refractivity contribution < 1.29 is 29.5 Å². The van der Waals surface area contributed by atoms with Gasteiger partial charge in [-0.25, -0.2) is 4.58 Å². The van der Waals surface area contributed by atoms with Crippen LogP contribution in [0, 0.1) is 0 Å². The SMILES string of the molecule is O=C1C(=O)C(=c2ccc(=C3C=CC(=[N+]4CCCCC4)c4ccccc43)cc2O)C(O)=C1c1ccc(-c2ccc(N3CCCCC3)c3ccccc23)cc1O. The van der Waals surface area contributed by atoms with Crippen LogP contribution in [-0.2, 0) is 9.59 Å². The van der Waals surface area contributed by atoms with Gasteiger partial charge in [0.25, 0.3) is 0 Å². The van der Waals surface area contributed by atoms with Crippen molar-refractivity contribution in [3.8, 4) is 22.6 Å². The van der Waals surface area contributed by atoms with Crippen LogP contribution < -0.4 is 15.3 Å². The number of allylic oxidation sites excluding steroid dienone is 4. The van der Waals surface area contributed by atoms with Gasteiger partial charge < -0.3 is 20.2 Å². The van der Waals surface area contributed by atoms with Crippen molar-refractivity contribution in [1.29, 1.82) is 0 Å². The minimum absolute atomic E-state index is 0.0511. The van der Waals surface area contributed by atoms with Gasteiger partial charge in [-0.1, -0.05) is 60.7 Å². The van der Waals surface area contributed by atoms with Crippen LogP contribution in [0.25, 0.3) is 38.6 Å². The zero-order valence-electron chi connectivity index (χ0n) is 30.0. The largest absolute Gasteiger partial charge is 0.507 e. The van der Waals surface area contributed by atoms with Crippen LogP contribution in [0.1, 0.15) is 55.2 Å². The van der Waals surface area contributed by atoms with Gasteiger partial charge in [0.1, 0.15) is 30.3 Å². The Labute approximate surface area is 313 Å². The Hall–Kier alpha value is -6.21. The van der Waals surface area contributed by atoms with E-state index >= 15 is 0 Å². The molecule has 2 saturated heterocycles. The van der Waals surface area contributed by atoms with Crippen LogP contribution in [0.15, 0.2) is 115 Å². The molecule has 0 saturated carbocycles. The molecule has 268 valence electrons. The first-order valence-corrected chi connectivity index (χ1v) is 19.0. The molecule has 2 heterocycles. The Kier molecular flexibility index (Phi) is 8.49. The predicted molar refractivity (Wildman–Crippen MR) is 213 cm³/mol. The van der Waals surface area contributed by atoms with Gasteiger partial charge in [0.2, 0.25) is 17.3 Å². The Bertz CT molecular complexity index is 2630. The fourth-order valence-corrected chi connectivity index (χ4v) is 8.78. The van der Waals surface area contributed by atoms with E-state index < -0.39 is 17.3 Å². The first-order valence-electron chi connectivity index (χ1n) is 19.0. The summed E-state index contributed by atoms with van der Waals surface area (Å²) in [5, 5.41) is 37.1. The third-order valence-corrected chi connectivity index (χ3v) is 11.5. The van der Waals surface area contributed by atoms with Crippen molar-refractivity contribution in [3.63, 3.8) is 0 Å². The molecular weight excluding hydrogens is 673 g/mol. The lowest BCUT2D eigenvalue weighted by molar-refractivity contribution is -0.536. The summed E-state index contributed by atoms with van der Waals surface area (Å²) in [6.45, 7) is 4.09. The molecule has 7 heteroatoms. The van der Waals surface area contributed by atoms with Crippen molar-refractivity contribution in [2.45, 2.75) is 38.5 Å². The highest BCUT2D eigenvalue weighted by Crippen LogP contribution is 2.41. The van der Waals surface area contributed by atoms with Crippen LogP contribution in [-0.4, -0.2) is 63.4 Å². The number of fused-ring (bicyclic) bond motifs is 2. The molecule has 5 aromatic rings. The molecule has 2 fully saturated rings. The summed E-state index contributed by atoms with van der Waals surface area (Å²) in [5.41, 5.74) is 6.63. The lowest BCUT2D eigenvalue weighted by Gasteiger charge is -2.30. The number of anilines is 1. The number of phenolic OH excluding ortho intramolecular Hbond substituents is 2. The van der Waals surface area contributed by atoms with Gasteiger partial charge in [-0.05, 0) is 101 Å². The van der Waals surface area contributed by atoms with Crippen LogP contribution >= 0.6 is 0 Å². The van der Waals surface area contributed by atoms with Crippen molar-refractivity contribution in [1.82, 2.24) is 0 Å². The zero-order valence-corrected chi connectivity index (χ0v) is 30.0. The maximum Gasteiger partial charge on any atom is 0.238 e. The highest BCUT2D eigenvalue weighted by atomic mass is 16.3. The topological polar surface area (TPSA) is 101 Å². The number of carbonyl (C=O) groups excluding carboxylic acids is 2. The summed E-state index contributed by atoms with van der Waals surface area (Å²) in [6, 6.07) is 30.5. The smallest absolute Gasteiger partial charge is 0.238 e. The van der Waals surface area contributed by atoms with Gasteiger partial charge in [-0.3, -0.25) is 9.59 Å². The summed E-state index contributed by atoms with van der Waals surface area (Å²) >= 11 is 0. The van der Waals surface area contributed by atoms with Gasteiger partial charge in [0, 0.05) is 53.9 Å². The van der Waals surface area contributed by atoms with E-state index in [0.717, 1.165) is 70.0 Å². The van der Waals surface area contributed by atoms with E-state index in [1.165, 1.54) is 49.9 Å². The molecule has 0 spiro atoms. The summed E-state index contributed by atoms with van der Waals surface area (Å²) in [7, 11) is 0. The molecule has 5 aromatic carbocycles. The molecule has 3 N–H and O–H groups in total. The van der Waals surface area contributed by atoms with Crippen molar-refractivity contribution in [2.75, 3.05) is 31.1 Å². The Balaban J connectivity index is 1.10. The number of carbonyl (C=O) groups is 2. The quantitative estimate of drug-likeness (QED) is 0.139. The lowest BCUT2D eigenvalue weighted by Crippen LogP contribution is -2.29.